The second kappa shape index (κ2) is 3.56. The summed E-state index contributed by atoms with van der Waals surface area (Å²) in [6, 6.07) is 0. The molecule has 0 N–H and O–H groups in total. The molecule has 6 heavy (non-hydrogen) atoms. The highest BCUT2D eigenvalue weighted by molar-refractivity contribution is 9.28. The molecule has 0 aliphatic carbocycles. The van der Waals surface area contributed by atoms with Crippen molar-refractivity contribution in [2.75, 3.05) is 0 Å². The molecule has 1 nitrogen and oxygen atoms in total. The first-order valence-electron chi connectivity index (χ1n) is 1.24. The van der Waals surface area contributed by atoms with Crippen LogP contribution in [0.15, 0.2) is 9.47 Å². The number of carbonyl (C=O) groups excluding carboxylic acids is 1. The van der Waals surface area contributed by atoms with Gasteiger partial charge < -0.3 is 0 Å². The third kappa shape index (κ3) is 4.37. The number of halogens is 2. The van der Waals surface area contributed by atoms with Crippen LogP contribution in [0.3, 0.4) is 0 Å². The predicted molar refractivity (Wildman–Crippen MR) is 32.0 cm³/mol. The summed E-state index contributed by atoms with van der Waals surface area (Å²) >= 11 is 5.96. The van der Waals surface area contributed by atoms with E-state index in [1.54, 1.807) is 0 Å². The third-order valence-corrected chi connectivity index (χ3v) is 0.723. The summed E-state index contributed by atoms with van der Waals surface area (Å²) in [7, 11) is 0. The van der Waals surface area contributed by atoms with Gasteiger partial charge in [0.05, 0.1) is 3.39 Å². The molecule has 0 spiro atoms. The van der Waals surface area contributed by atoms with Gasteiger partial charge in [0.15, 0.2) is 0 Å². The first kappa shape index (κ1) is 6.37. The summed E-state index contributed by atoms with van der Waals surface area (Å²) in [5, 5.41) is 0. The van der Waals surface area contributed by atoms with Crippen LogP contribution in [0.4, 0.5) is 0 Å². The topological polar surface area (TPSA) is 17.1 Å². The molecule has 0 aromatic heterocycles. The van der Waals surface area contributed by atoms with Gasteiger partial charge in [-0.3, -0.25) is 4.79 Å². The van der Waals surface area contributed by atoms with E-state index in [-0.39, 0.29) is 0 Å². The van der Waals surface area contributed by atoms with E-state index >= 15 is 0 Å². The molecule has 34 valence electrons. The van der Waals surface area contributed by atoms with E-state index in [2.05, 4.69) is 31.9 Å². The quantitative estimate of drug-likeness (QED) is 0.480. The first-order chi connectivity index (χ1) is 2.77. The monoisotopic (exact) mass is 212 g/mol. The molecule has 3 heteroatoms. The lowest BCUT2D eigenvalue weighted by Gasteiger charge is -1.67. The molecule has 0 aliphatic heterocycles. The smallest absolute Gasteiger partial charge is 0.144 e. The van der Waals surface area contributed by atoms with E-state index in [0.717, 1.165) is 0 Å². The molecule has 0 atom stereocenters. The van der Waals surface area contributed by atoms with Crippen LogP contribution in [0, 0.1) is 0 Å². The maximum absolute atomic E-state index is 9.48. The Kier molecular flexibility index (Phi) is 3.78. The molecule has 0 radical (unpaired) electrons. The van der Waals surface area contributed by atoms with Gasteiger partial charge in [0.2, 0.25) is 0 Å². The van der Waals surface area contributed by atoms with Crippen molar-refractivity contribution in [3.63, 3.8) is 0 Å². The van der Waals surface area contributed by atoms with Gasteiger partial charge in [-0.05, 0) is 37.9 Å². The van der Waals surface area contributed by atoms with Gasteiger partial charge >= 0.3 is 0 Å². The van der Waals surface area contributed by atoms with E-state index < -0.39 is 0 Å². The lowest BCUT2D eigenvalue weighted by molar-refractivity contribution is -0.104. The largest absolute Gasteiger partial charge is 0.299 e. The summed E-state index contributed by atoms with van der Waals surface area (Å²) < 4.78 is 0.671. The van der Waals surface area contributed by atoms with Crippen LogP contribution < -0.4 is 0 Å². The minimum absolute atomic E-state index is 0.671. The molecule has 0 saturated carbocycles. The third-order valence-electron chi connectivity index (χ3n) is 0.194. The Morgan fingerprint density at radius 1 is 1.50 bits per heavy atom. The fourth-order valence-corrected chi connectivity index (χ4v) is 0.267. The standard InChI is InChI=1S/C3H2Br2O/c4-3(5)1-2-6/h1-2H. The van der Waals surface area contributed by atoms with Gasteiger partial charge in [-0.1, -0.05) is 0 Å². The molecule has 0 aromatic carbocycles. The lowest BCUT2D eigenvalue weighted by Crippen LogP contribution is -1.54. The molecular formula is C3H2Br2O. The fourth-order valence-electron chi connectivity index (χ4n) is 0.0514. The Bertz CT molecular complexity index is 72.9. The van der Waals surface area contributed by atoms with E-state index in [0.29, 0.717) is 9.68 Å². The van der Waals surface area contributed by atoms with Gasteiger partial charge in [-0.25, -0.2) is 0 Å². The first-order valence-corrected chi connectivity index (χ1v) is 2.82. The Labute approximate surface area is 52.7 Å². The Morgan fingerprint density at radius 3 is 2.00 bits per heavy atom. The Balaban J connectivity index is 3.41. The van der Waals surface area contributed by atoms with E-state index in [9.17, 15) is 4.79 Å². The van der Waals surface area contributed by atoms with Crippen molar-refractivity contribution in [3.05, 3.63) is 9.47 Å². The van der Waals surface area contributed by atoms with Crippen molar-refractivity contribution in [2.45, 2.75) is 0 Å². The number of hydrogen-bond donors (Lipinski definition) is 0. The number of aldehydes is 1. The summed E-state index contributed by atoms with van der Waals surface area (Å²) in [6.45, 7) is 0. The van der Waals surface area contributed by atoms with Crippen LogP contribution in [-0.2, 0) is 4.79 Å². The van der Waals surface area contributed by atoms with Crippen molar-refractivity contribution in [3.8, 4) is 0 Å². The van der Waals surface area contributed by atoms with Crippen molar-refractivity contribution < 1.29 is 4.79 Å². The van der Waals surface area contributed by atoms with Crippen LogP contribution in [0.1, 0.15) is 0 Å². The molecular weight excluding hydrogens is 212 g/mol. The van der Waals surface area contributed by atoms with Crippen molar-refractivity contribution in [2.24, 2.45) is 0 Å². The number of hydrogen-bond acceptors (Lipinski definition) is 1. The van der Waals surface area contributed by atoms with Crippen molar-refractivity contribution in [1.82, 2.24) is 0 Å². The Hall–Kier alpha value is 0.370. The summed E-state index contributed by atoms with van der Waals surface area (Å²) in [5.74, 6) is 0. The van der Waals surface area contributed by atoms with Crippen LogP contribution in [0.2, 0.25) is 0 Å². The molecule has 0 heterocycles. The average Bonchev–Trinajstić information content (AvgIpc) is 1.35. The summed E-state index contributed by atoms with van der Waals surface area (Å²) in [4.78, 5) is 9.48. The van der Waals surface area contributed by atoms with Gasteiger partial charge in [0.25, 0.3) is 0 Å². The number of allylic oxidation sites excluding steroid dienone is 1. The average molecular weight is 214 g/mol. The zero-order chi connectivity index (χ0) is 4.99. The van der Waals surface area contributed by atoms with E-state index in [1.165, 1.54) is 6.08 Å². The molecule has 0 amide bonds. The molecule has 0 bridgehead atoms. The fraction of sp³-hybridized carbons (Fsp3) is 0. The lowest BCUT2D eigenvalue weighted by atomic mass is 10.7. The van der Waals surface area contributed by atoms with Crippen molar-refractivity contribution in [1.29, 1.82) is 0 Å². The molecule has 0 aliphatic rings. The molecule has 0 rings (SSSR count). The maximum atomic E-state index is 9.48. The minimum Gasteiger partial charge on any atom is -0.299 e. The normalized spacial score (nSPS) is 7.00. The maximum Gasteiger partial charge on any atom is 0.144 e. The predicted octanol–water partition coefficient (Wildman–Crippen LogP) is 1.82. The van der Waals surface area contributed by atoms with Crippen LogP contribution in [0.5, 0.6) is 0 Å². The van der Waals surface area contributed by atoms with Crippen LogP contribution >= 0.6 is 31.9 Å². The number of rotatable bonds is 1. The molecule has 0 fully saturated rings. The van der Waals surface area contributed by atoms with Crippen LogP contribution in [0.25, 0.3) is 0 Å². The van der Waals surface area contributed by atoms with E-state index in [1.807, 2.05) is 0 Å². The molecule has 0 saturated heterocycles. The Morgan fingerprint density at radius 2 is 2.00 bits per heavy atom. The SMILES string of the molecule is O=CC=C(Br)Br. The summed E-state index contributed by atoms with van der Waals surface area (Å²) in [6.07, 6.45) is 2.05. The summed E-state index contributed by atoms with van der Waals surface area (Å²) in [5.41, 5.74) is 0. The highest BCUT2D eigenvalue weighted by Gasteiger charge is 1.72. The van der Waals surface area contributed by atoms with Crippen LogP contribution in [-0.4, -0.2) is 6.29 Å². The highest BCUT2D eigenvalue weighted by atomic mass is 79.9. The molecule has 0 aromatic rings. The minimum atomic E-state index is 0.671. The van der Waals surface area contributed by atoms with Gasteiger partial charge in [0, 0.05) is 0 Å². The number of carbonyl (C=O) groups is 1. The second-order valence-electron chi connectivity index (χ2n) is 0.592. The second-order valence-corrected chi connectivity index (χ2v) is 3.37. The molecule has 0 unspecified atom stereocenters. The zero-order valence-corrected chi connectivity index (χ0v) is 5.99. The van der Waals surface area contributed by atoms with E-state index in [4.69, 9.17) is 0 Å². The van der Waals surface area contributed by atoms with Gasteiger partial charge in [0.1, 0.15) is 6.29 Å². The van der Waals surface area contributed by atoms with Gasteiger partial charge in [-0.2, -0.15) is 0 Å². The van der Waals surface area contributed by atoms with Gasteiger partial charge in [-0.15, -0.1) is 0 Å². The van der Waals surface area contributed by atoms with Crippen molar-refractivity contribution >= 4 is 38.1 Å². The highest BCUT2D eigenvalue weighted by Crippen LogP contribution is 2.10. The zero-order valence-electron chi connectivity index (χ0n) is 2.82.